The Hall–Kier alpha value is -4.56. The number of nitrogens with zero attached hydrogens (tertiary/aromatic N) is 5. The number of hydrogen-bond acceptors (Lipinski definition) is 7. The molecule has 0 bridgehead atoms. The lowest BCUT2D eigenvalue weighted by Gasteiger charge is -2.14. The van der Waals surface area contributed by atoms with Gasteiger partial charge in [-0.2, -0.15) is 10.5 Å². The number of nitrogen functional groups attached to an aromatic ring is 1. The summed E-state index contributed by atoms with van der Waals surface area (Å²) >= 11 is 0. The molecule has 3 N–H and O–H groups in total. The molecule has 0 saturated carbocycles. The van der Waals surface area contributed by atoms with Gasteiger partial charge in [0.05, 0.1) is 17.1 Å². The van der Waals surface area contributed by atoms with Crippen LogP contribution in [0, 0.1) is 28.5 Å². The number of anilines is 2. The Balaban J connectivity index is 1.71. The number of halogens is 1. The predicted octanol–water partition coefficient (Wildman–Crippen LogP) is 3.81. The zero-order valence-corrected chi connectivity index (χ0v) is 16.3. The number of benzene rings is 2. The quantitative estimate of drug-likeness (QED) is 0.513. The molecule has 8 heteroatoms. The minimum absolute atomic E-state index is 0.112. The fourth-order valence-electron chi connectivity index (χ4n) is 3.41. The van der Waals surface area contributed by atoms with Gasteiger partial charge in [-0.1, -0.05) is 12.1 Å². The Morgan fingerprint density at radius 3 is 2.55 bits per heavy atom. The molecule has 0 aliphatic carbocycles. The van der Waals surface area contributed by atoms with E-state index in [0.29, 0.717) is 35.2 Å². The molecule has 31 heavy (non-hydrogen) atoms. The van der Waals surface area contributed by atoms with Crippen LogP contribution < -0.4 is 11.1 Å². The van der Waals surface area contributed by atoms with Crippen LogP contribution >= 0.6 is 0 Å². The number of fused-ring (bicyclic) bond motifs is 1. The first-order chi connectivity index (χ1) is 15.1. The molecule has 0 radical (unpaired) electrons. The smallest absolute Gasteiger partial charge is 0.149 e. The molecule has 0 aliphatic heterocycles. The van der Waals surface area contributed by atoms with Gasteiger partial charge in [-0.05, 0) is 53.4 Å². The van der Waals surface area contributed by atoms with Gasteiger partial charge in [0.25, 0.3) is 0 Å². The van der Waals surface area contributed by atoms with E-state index in [1.54, 1.807) is 24.4 Å². The molecule has 0 amide bonds. The topological polar surface area (TPSA) is 124 Å². The number of aromatic nitrogens is 3. The fraction of sp³-hybridized carbons (Fsp3) is 0.0870. The molecule has 2 heterocycles. The predicted molar refractivity (Wildman–Crippen MR) is 115 cm³/mol. The summed E-state index contributed by atoms with van der Waals surface area (Å²) in [5.41, 5.74) is 9.73. The molecular formula is C23H16FN7. The summed E-state index contributed by atoms with van der Waals surface area (Å²) in [5, 5.41) is 22.2. The molecular weight excluding hydrogens is 393 g/mol. The minimum Gasteiger partial charge on any atom is -0.382 e. The molecule has 0 spiro atoms. The second kappa shape index (κ2) is 8.44. The highest BCUT2D eigenvalue weighted by Gasteiger charge is 2.13. The van der Waals surface area contributed by atoms with Crippen molar-refractivity contribution in [1.29, 1.82) is 10.5 Å². The van der Waals surface area contributed by atoms with Crippen LogP contribution in [0.15, 0.2) is 55.0 Å². The van der Waals surface area contributed by atoms with Crippen molar-refractivity contribution in [2.45, 2.75) is 6.42 Å². The number of pyridine rings is 1. The molecule has 2 aromatic carbocycles. The van der Waals surface area contributed by atoms with Gasteiger partial charge in [0.2, 0.25) is 0 Å². The molecule has 4 aromatic rings. The van der Waals surface area contributed by atoms with E-state index in [9.17, 15) is 9.65 Å². The summed E-state index contributed by atoms with van der Waals surface area (Å²) in [6.45, 7) is 0.441. The third-order valence-corrected chi connectivity index (χ3v) is 4.89. The second-order valence-electron chi connectivity index (χ2n) is 6.78. The maximum absolute atomic E-state index is 14.0. The molecule has 150 valence electrons. The molecule has 0 unspecified atom stereocenters. The van der Waals surface area contributed by atoms with Crippen molar-refractivity contribution in [3.05, 3.63) is 77.5 Å². The average molecular weight is 409 g/mol. The zero-order chi connectivity index (χ0) is 21.8. The van der Waals surface area contributed by atoms with Gasteiger partial charge in [0.1, 0.15) is 35.4 Å². The van der Waals surface area contributed by atoms with Crippen molar-refractivity contribution in [2.24, 2.45) is 0 Å². The number of nitrogens with two attached hydrogens (primary N) is 1. The zero-order valence-electron chi connectivity index (χ0n) is 16.3. The molecule has 4 rings (SSSR count). The van der Waals surface area contributed by atoms with E-state index < -0.39 is 0 Å². The molecule has 7 nitrogen and oxygen atoms in total. The summed E-state index contributed by atoms with van der Waals surface area (Å²) in [5.74, 6) is 0.116. The normalized spacial score (nSPS) is 10.4. The third-order valence-electron chi connectivity index (χ3n) is 4.89. The van der Waals surface area contributed by atoms with Gasteiger partial charge in [0.15, 0.2) is 0 Å². The highest BCUT2D eigenvalue weighted by molar-refractivity contribution is 5.96. The molecule has 2 aromatic heterocycles. The van der Waals surface area contributed by atoms with E-state index in [2.05, 4.69) is 26.3 Å². The van der Waals surface area contributed by atoms with Gasteiger partial charge in [-0.25, -0.2) is 14.4 Å². The second-order valence-corrected chi connectivity index (χ2v) is 6.78. The lowest BCUT2D eigenvalue weighted by molar-refractivity contribution is 0.629. The van der Waals surface area contributed by atoms with Crippen LogP contribution in [-0.2, 0) is 6.42 Å². The lowest BCUT2D eigenvalue weighted by Crippen LogP contribution is -2.10. The van der Waals surface area contributed by atoms with Crippen molar-refractivity contribution in [1.82, 2.24) is 15.0 Å². The Bertz CT molecular complexity index is 1350. The average Bonchev–Trinajstić information content (AvgIpc) is 2.79. The Labute approximate surface area is 177 Å². The van der Waals surface area contributed by atoms with Crippen molar-refractivity contribution in [3.63, 3.8) is 0 Å². The van der Waals surface area contributed by atoms with E-state index >= 15 is 0 Å². The van der Waals surface area contributed by atoms with Gasteiger partial charge in [-0.3, -0.25) is 4.98 Å². The van der Waals surface area contributed by atoms with Crippen LogP contribution in [-0.4, -0.2) is 21.5 Å². The Morgan fingerprint density at radius 2 is 1.81 bits per heavy atom. The van der Waals surface area contributed by atoms with E-state index in [4.69, 9.17) is 11.0 Å². The van der Waals surface area contributed by atoms with Crippen LogP contribution in [0.5, 0.6) is 0 Å². The summed E-state index contributed by atoms with van der Waals surface area (Å²) < 4.78 is 14.0. The summed E-state index contributed by atoms with van der Waals surface area (Å²) in [4.78, 5) is 12.4. The Morgan fingerprint density at radius 1 is 1.00 bits per heavy atom. The monoisotopic (exact) mass is 409 g/mol. The SMILES string of the molecule is N#Cc1ccc(-c2c(CCNc3ncnc(N)c3C#N)cnc3ccc(F)cc23)cc1. The summed E-state index contributed by atoms with van der Waals surface area (Å²) in [6.07, 6.45) is 3.58. The first-order valence-corrected chi connectivity index (χ1v) is 9.43. The van der Waals surface area contributed by atoms with Crippen LogP contribution in [0.25, 0.3) is 22.0 Å². The Kier molecular flexibility index (Phi) is 5.37. The van der Waals surface area contributed by atoms with Crippen LogP contribution in [0.1, 0.15) is 16.7 Å². The number of hydrogen-bond donors (Lipinski definition) is 2. The third kappa shape index (κ3) is 3.96. The van der Waals surface area contributed by atoms with Crippen molar-refractivity contribution >= 4 is 22.5 Å². The highest BCUT2D eigenvalue weighted by Crippen LogP contribution is 2.32. The largest absolute Gasteiger partial charge is 0.382 e. The van der Waals surface area contributed by atoms with Crippen LogP contribution in [0.2, 0.25) is 0 Å². The van der Waals surface area contributed by atoms with Gasteiger partial charge < -0.3 is 11.1 Å². The van der Waals surface area contributed by atoms with E-state index in [0.717, 1.165) is 16.7 Å². The maximum atomic E-state index is 14.0. The van der Waals surface area contributed by atoms with E-state index in [1.165, 1.54) is 18.5 Å². The molecule has 0 fully saturated rings. The fourth-order valence-corrected chi connectivity index (χ4v) is 3.41. The lowest BCUT2D eigenvalue weighted by atomic mass is 9.94. The van der Waals surface area contributed by atoms with E-state index in [1.807, 2.05) is 18.2 Å². The van der Waals surface area contributed by atoms with Crippen LogP contribution in [0.4, 0.5) is 16.0 Å². The number of nitriles is 2. The van der Waals surface area contributed by atoms with Crippen LogP contribution in [0.3, 0.4) is 0 Å². The molecule has 0 saturated heterocycles. The van der Waals surface area contributed by atoms with Gasteiger partial charge in [-0.15, -0.1) is 0 Å². The van der Waals surface area contributed by atoms with E-state index in [-0.39, 0.29) is 17.2 Å². The number of nitrogens with one attached hydrogen (secondary N) is 1. The summed E-state index contributed by atoms with van der Waals surface area (Å²) in [7, 11) is 0. The van der Waals surface area contributed by atoms with Gasteiger partial charge >= 0.3 is 0 Å². The van der Waals surface area contributed by atoms with Crippen molar-refractivity contribution in [3.8, 4) is 23.3 Å². The maximum Gasteiger partial charge on any atom is 0.149 e. The molecule has 0 aliphatic rings. The first-order valence-electron chi connectivity index (χ1n) is 9.43. The van der Waals surface area contributed by atoms with Crippen molar-refractivity contribution < 1.29 is 4.39 Å². The van der Waals surface area contributed by atoms with Gasteiger partial charge in [0, 0.05) is 18.1 Å². The molecule has 0 atom stereocenters. The van der Waals surface area contributed by atoms with Crippen molar-refractivity contribution in [2.75, 3.05) is 17.6 Å². The highest BCUT2D eigenvalue weighted by atomic mass is 19.1. The minimum atomic E-state index is -0.352. The standard InChI is InChI=1S/C23H16FN7/c24-17-5-6-20-18(9-17)21(15-3-1-14(10-25)2-4-15)16(12-29-20)7-8-28-23-19(11-26)22(27)30-13-31-23/h1-6,9,12-13H,7-8H2,(H3,27,28,30,31). The summed E-state index contributed by atoms with van der Waals surface area (Å²) in [6, 6.07) is 15.7. The number of rotatable bonds is 5. The first kappa shape index (κ1) is 19.7.